The van der Waals surface area contributed by atoms with Crippen LogP contribution in [0.4, 0.5) is 9.59 Å². The molecule has 26 heavy (non-hydrogen) atoms. The van der Waals surface area contributed by atoms with Gasteiger partial charge in [0.1, 0.15) is 19.8 Å². The van der Waals surface area contributed by atoms with Gasteiger partial charge in [-0.05, 0) is 41.5 Å². The first-order chi connectivity index (χ1) is 11.8. The SMILES string of the molecule is CC(C)(C)OC(=O)N1CCSC1=S.CC(C)(C)OC(=O)N1CCSC1=S. The van der Waals surface area contributed by atoms with E-state index >= 15 is 0 Å². The molecule has 0 aromatic heterocycles. The highest BCUT2D eigenvalue weighted by molar-refractivity contribution is 8.23. The second kappa shape index (κ2) is 9.57. The zero-order valence-corrected chi connectivity index (χ0v) is 19.3. The molecule has 0 unspecified atom stereocenters. The van der Waals surface area contributed by atoms with Crippen LogP contribution in [0.25, 0.3) is 0 Å². The summed E-state index contributed by atoms with van der Waals surface area (Å²) in [5.74, 6) is 1.75. The maximum absolute atomic E-state index is 11.5. The Labute approximate surface area is 174 Å². The Kier molecular flexibility index (Phi) is 8.63. The lowest BCUT2D eigenvalue weighted by Crippen LogP contribution is -2.36. The molecule has 2 heterocycles. The van der Waals surface area contributed by atoms with Crippen LogP contribution >= 0.6 is 48.0 Å². The molecule has 0 atom stereocenters. The van der Waals surface area contributed by atoms with Gasteiger partial charge in [0.25, 0.3) is 0 Å². The molecule has 2 saturated heterocycles. The van der Waals surface area contributed by atoms with E-state index in [4.69, 9.17) is 33.9 Å². The van der Waals surface area contributed by atoms with Gasteiger partial charge in [0.2, 0.25) is 0 Å². The quantitative estimate of drug-likeness (QED) is 0.512. The number of thiocarbonyl (C=S) groups is 2. The third-order valence-electron chi connectivity index (χ3n) is 2.75. The summed E-state index contributed by atoms with van der Waals surface area (Å²) in [5, 5.41) is 0. The van der Waals surface area contributed by atoms with Gasteiger partial charge in [-0.3, -0.25) is 9.80 Å². The van der Waals surface area contributed by atoms with Gasteiger partial charge in [0.15, 0.2) is 0 Å². The highest BCUT2D eigenvalue weighted by atomic mass is 32.2. The predicted octanol–water partition coefficient (Wildman–Crippen LogP) is 4.51. The van der Waals surface area contributed by atoms with Crippen molar-refractivity contribution in [2.24, 2.45) is 0 Å². The van der Waals surface area contributed by atoms with Gasteiger partial charge < -0.3 is 9.47 Å². The average molecular weight is 439 g/mol. The van der Waals surface area contributed by atoms with Crippen LogP contribution in [0.15, 0.2) is 0 Å². The van der Waals surface area contributed by atoms with Gasteiger partial charge in [0, 0.05) is 24.6 Å². The van der Waals surface area contributed by atoms with E-state index in [9.17, 15) is 9.59 Å². The van der Waals surface area contributed by atoms with Crippen LogP contribution in [0.5, 0.6) is 0 Å². The van der Waals surface area contributed by atoms with Crippen molar-refractivity contribution in [1.29, 1.82) is 0 Å². The molecule has 2 rings (SSSR count). The van der Waals surface area contributed by atoms with Crippen molar-refractivity contribution in [3.63, 3.8) is 0 Å². The van der Waals surface area contributed by atoms with Crippen LogP contribution in [0, 0.1) is 0 Å². The predicted molar refractivity (Wildman–Crippen MR) is 116 cm³/mol. The van der Waals surface area contributed by atoms with Crippen LogP contribution in [-0.2, 0) is 9.47 Å². The summed E-state index contributed by atoms with van der Waals surface area (Å²) < 4.78 is 11.6. The summed E-state index contributed by atoms with van der Waals surface area (Å²) in [5.41, 5.74) is -0.889. The van der Waals surface area contributed by atoms with Gasteiger partial charge in [-0.2, -0.15) is 0 Å². The van der Waals surface area contributed by atoms with Crippen molar-refractivity contribution in [3.8, 4) is 0 Å². The van der Waals surface area contributed by atoms with Gasteiger partial charge in [-0.25, -0.2) is 9.59 Å². The van der Waals surface area contributed by atoms with E-state index in [2.05, 4.69) is 0 Å². The van der Waals surface area contributed by atoms with E-state index in [1.807, 2.05) is 41.5 Å². The summed E-state index contributed by atoms with van der Waals surface area (Å²) in [4.78, 5) is 26.0. The highest BCUT2D eigenvalue weighted by Crippen LogP contribution is 2.21. The summed E-state index contributed by atoms with van der Waals surface area (Å²) in [6.45, 7) is 12.4. The van der Waals surface area contributed by atoms with Gasteiger partial charge in [0.05, 0.1) is 0 Å². The van der Waals surface area contributed by atoms with E-state index in [0.29, 0.717) is 21.7 Å². The van der Waals surface area contributed by atoms with Crippen LogP contribution in [0.3, 0.4) is 0 Å². The number of carbonyl (C=O) groups excluding carboxylic acids is 2. The maximum Gasteiger partial charge on any atom is 0.415 e. The minimum atomic E-state index is -0.444. The standard InChI is InChI=1S/2C8H13NO2S2/c2*1-8(2,3)11-6(10)9-4-5-13-7(9)12/h2*4-5H2,1-3H3. The van der Waals surface area contributed by atoms with Crippen LogP contribution in [0.2, 0.25) is 0 Å². The second-order valence-corrected chi connectivity index (χ2v) is 11.0. The second-order valence-electron chi connectivity index (χ2n) is 7.49. The molecule has 2 amide bonds. The van der Waals surface area contributed by atoms with Crippen molar-refractivity contribution in [2.45, 2.75) is 52.7 Å². The summed E-state index contributed by atoms with van der Waals surface area (Å²) in [7, 11) is 0. The molecule has 6 nitrogen and oxygen atoms in total. The average Bonchev–Trinajstić information content (AvgIpc) is 3.04. The third kappa shape index (κ3) is 8.41. The summed E-state index contributed by atoms with van der Waals surface area (Å²) in [6.07, 6.45) is -0.662. The lowest BCUT2D eigenvalue weighted by atomic mass is 10.2. The van der Waals surface area contributed by atoms with E-state index in [1.54, 1.807) is 0 Å². The molecule has 0 N–H and O–H groups in total. The molecule has 0 spiro atoms. The Bertz CT molecular complexity index is 520. The Morgan fingerprint density at radius 1 is 0.808 bits per heavy atom. The Balaban J connectivity index is 0.000000260. The smallest absolute Gasteiger partial charge is 0.415 e. The Morgan fingerprint density at radius 3 is 1.31 bits per heavy atom. The molecular formula is C16H26N2O4S4. The third-order valence-corrected chi connectivity index (χ3v) is 5.61. The molecular weight excluding hydrogens is 412 g/mol. The highest BCUT2D eigenvalue weighted by Gasteiger charge is 2.29. The fraction of sp³-hybridized carbons (Fsp3) is 0.750. The number of amides is 2. The monoisotopic (exact) mass is 438 g/mol. The molecule has 0 aromatic rings. The summed E-state index contributed by atoms with van der Waals surface area (Å²) >= 11 is 13.0. The van der Waals surface area contributed by atoms with E-state index in [0.717, 1.165) is 11.5 Å². The molecule has 2 fully saturated rings. The number of thioether (sulfide) groups is 2. The lowest BCUT2D eigenvalue weighted by molar-refractivity contribution is 0.0378. The fourth-order valence-electron chi connectivity index (χ4n) is 1.75. The first-order valence-corrected chi connectivity index (χ1v) is 10.9. The molecule has 2 aliphatic rings. The first kappa shape index (κ1) is 23.5. The topological polar surface area (TPSA) is 59.1 Å². The lowest BCUT2D eigenvalue weighted by Gasteiger charge is -2.23. The Hall–Kier alpha value is -0.580. The number of rotatable bonds is 0. The van der Waals surface area contributed by atoms with E-state index < -0.39 is 11.2 Å². The minimum absolute atomic E-state index is 0.331. The molecule has 0 aliphatic carbocycles. The largest absolute Gasteiger partial charge is 0.443 e. The maximum atomic E-state index is 11.5. The first-order valence-electron chi connectivity index (χ1n) is 8.15. The van der Waals surface area contributed by atoms with Gasteiger partial charge in [-0.1, -0.05) is 48.0 Å². The number of carbonyl (C=O) groups is 2. The van der Waals surface area contributed by atoms with Crippen LogP contribution in [-0.4, -0.2) is 66.4 Å². The fourth-order valence-corrected chi connectivity index (χ4v) is 4.12. The van der Waals surface area contributed by atoms with Gasteiger partial charge in [-0.15, -0.1) is 0 Å². The Morgan fingerprint density at radius 2 is 1.12 bits per heavy atom. The van der Waals surface area contributed by atoms with Crippen molar-refractivity contribution in [3.05, 3.63) is 0 Å². The molecule has 148 valence electrons. The van der Waals surface area contributed by atoms with E-state index in [1.165, 1.54) is 33.3 Å². The van der Waals surface area contributed by atoms with Crippen LogP contribution in [0.1, 0.15) is 41.5 Å². The van der Waals surface area contributed by atoms with E-state index in [-0.39, 0.29) is 12.2 Å². The minimum Gasteiger partial charge on any atom is -0.443 e. The van der Waals surface area contributed by atoms with Crippen molar-refractivity contribution in [2.75, 3.05) is 24.6 Å². The van der Waals surface area contributed by atoms with Crippen molar-refractivity contribution in [1.82, 2.24) is 9.80 Å². The normalized spacial score (nSPS) is 17.8. The molecule has 0 bridgehead atoms. The molecule has 10 heteroatoms. The molecule has 0 saturated carbocycles. The number of hydrogen-bond donors (Lipinski definition) is 0. The number of ether oxygens (including phenoxy) is 2. The zero-order valence-electron chi connectivity index (χ0n) is 16.0. The van der Waals surface area contributed by atoms with Gasteiger partial charge >= 0.3 is 12.2 Å². The number of hydrogen-bond acceptors (Lipinski definition) is 8. The van der Waals surface area contributed by atoms with Crippen molar-refractivity contribution < 1.29 is 19.1 Å². The van der Waals surface area contributed by atoms with Crippen LogP contribution < -0.4 is 0 Å². The molecule has 2 aliphatic heterocycles. The zero-order chi connectivity index (χ0) is 20.1. The molecule has 0 radical (unpaired) electrons. The summed E-state index contributed by atoms with van der Waals surface area (Å²) in [6, 6.07) is 0. The van der Waals surface area contributed by atoms with Crippen molar-refractivity contribution >= 4 is 68.8 Å². The number of nitrogens with zero attached hydrogens (tertiary/aromatic N) is 2. The molecule has 0 aromatic carbocycles.